The Labute approximate surface area is 192 Å². The minimum Gasteiger partial charge on any atom is -0.456 e. The van der Waals surface area contributed by atoms with Gasteiger partial charge in [-0.05, 0) is 49.0 Å². The molecule has 176 valence electrons. The Morgan fingerprint density at radius 3 is 2.97 bits per heavy atom. The summed E-state index contributed by atoms with van der Waals surface area (Å²) in [6, 6.07) is 7.34. The van der Waals surface area contributed by atoms with Crippen LogP contribution in [-0.2, 0) is 23.7 Å². The summed E-state index contributed by atoms with van der Waals surface area (Å²) in [7, 11) is 0. The number of hydrogen-bond acceptors (Lipinski definition) is 7. The zero-order valence-electron chi connectivity index (χ0n) is 18.4. The number of benzene rings is 1. The lowest BCUT2D eigenvalue weighted by Gasteiger charge is -2.30. The smallest absolute Gasteiger partial charge is 0.338 e. The number of aliphatic hydroxyl groups is 1. The van der Waals surface area contributed by atoms with Crippen LogP contribution in [0.5, 0.6) is 0 Å². The van der Waals surface area contributed by atoms with Crippen LogP contribution in [0.2, 0.25) is 0 Å². The van der Waals surface area contributed by atoms with Gasteiger partial charge in [0, 0.05) is 18.5 Å². The normalized spacial score (nSPS) is 32.6. The minimum atomic E-state index is -0.641. The first kappa shape index (κ1) is 22.3. The largest absolute Gasteiger partial charge is 0.456 e. The number of nitrogens with one attached hydrogen (secondary N) is 1. The highest BCUT2D eigenvalue weighted by Gasteiger charge is 2.43. The maximum Gasteiger partial charge on any atom is 0.338 e. The first-order chi connectivity index (χ1) is 16.1. The van der Waals surface area contributed by atoms with Crippen LogP contribution in [0, 0.1) is 5.92 Å². The van der Waals surface area contributed by atoms with Crippen molar-refractivity contribution in [1.29, 1.82) is 0 Å². The number of epoxide rings is 1. The molecule has 1 aromatic carbocycles. The summed E-state index contributed by atoms with van der Waals surface area (Å²) in [5.41, 5.74) is 1.84. The zero-order valence-corrected chi connectivity index (χ0v) is 18.4. The first-order valence-electron chi connectivity index (χ1n) is 11.6. The molecule has 6 atom stereocenters. The molecule has 0 aromatic heterocycles. The van der Waals surface area contributed by atoms with E-state index in [1.54, 1.807) is 12.1 Å². The second-order valence-corrected chi connectivity index (χ2v) is 8.97. The number of carbonyl (C=O) groups excluding carboxylic acids is 2. The van der Waals surface area contributed by atoms with Crippen molar-refractivity contribution in [3.05, 3.63) is 53.1 Å². The van der Waals surface area contributed by atoms with Crippen LogP contribution < -0.4 is 5.32 Å². The van der Waals surface area contributed by atoms with Gasteiger partial charge in [0.25, 0.3) is 0 Å². The highest BCUT2D eigenvalue weighted by Crippen LogP contribution is 2.40. The second kappa shape index (κ2) is 9.77. The zero-order chi connectivity index (χ0) is 22.8. The lowest BCUT2D eigenvalue weighted by Crippen LogP contribution is -2.43. The molecule has 33 heavy (non-hydrogen) atoms. The van der Waals surface area contributed by atoms with E-state index in [4.69, 9.17) is 24.1 Å². The SMILES string of the molecule is O=C(NCCO)C1=C[C@H]2OCO[C@H]2[C@H](OC(=O)c2cccc(C=CC3CCC4OC4C3)c2)C1. The van der Waals surface area contributed by atoms with Gasteiger partial charge in [-0.1, -0.05) is 24.3 Å². The van der Waals surface area contributed by atoms with Crippen molar-refractivity contribution >= 4 is 18.0 Å². The molecule has 1 amide bonds. The molecule has 2 heterocycles. The first-order valence-corrected chi connectivity index (χ1v) is 11.6. The lowest BCUT2D eigenvalue weighted by atomic mass is 9.88. The molecule has 0 radical (unpaired) electrons. The Morgan fingerprint density at radius 2 is 2.12 bits per heavy atom. The molecule has 2 aliphatic carbocycles. The van der Waals surface area contributed by atoms with Crippen molar-refractivity contribution in [2.75, 3.05) is 19.9 Å². The van der Waals surface area contributed by atoms with Gasteiger partial charge < -0.3 is 29.4 Å². The van der Waals surface area contributed by atoms with Gasteiger partial charge in [0.15, 0.2) is 0 Å². The Balaban J connectivity index is 1.23. The molecule has 0 spiro atoms. The molecule has 2 saturated heterocycles. The van der Waals surface area contributed by atoms with E-state index in [9.17, 15) is 9.59 Å². The standard InChI is InChI=1S/C25H29NO7/c27-9-8-26-24(28)18-12-21-23(31-14-30-21)22(13-18)33-25(29)17-3-1-2-15(10-17)4-5-16-6-7-19-20(11-16)32-19/h1-5,10,12,16,19-23,27H,6-9,11,13-14H2,(H,26,28)/t16?,19?,20?,21-,22-,23-/m1/s1. The van der Waals surface area contributed by atoms with Crippen molar-refractivity contribution in [3.63, 3.8) is 0 Å². The fraction of sp³-hybridized carbons (Fsp3) is 0.520. The number of carbonyl (C=O) groups is 2. The summed E-state index contributed by atoms with van der Waals surface area (Å²) in [6.45, 7) is 0.0878. The van der Waals surface area contributed by atoms with Crippen molar-refractivity contribution in [2.45, 2.75) is 56.2 Å². The van der Waals surface area contributed by atoms with Gasteiger partial charge >= 0.3 is 5.97 Å². The number of aliphatic hydroxyl groups excluding tert-OH is 1. The third kappa shape index (κ3) is 5.19. The van der Waals surface area contributed by atoms with E-state index < -0.39 is 24.3 Å². The maximum absolute atomic E-state index is 12.9. The highest BCUT2D eigenvalue weighted by molar-refractivity contribution is 5.94. The third-order valence-electron chi connectivity index (χ3n) is 6.67. The number of rotatable bonds is 7. The summed E-state index contributed by atoms with van der Waals surface area (Å²) in [4.78, 5) is 25.3. The van der Waals surface area contributed by atoms with Crippen molar-refractivity contribution < 1.29 is 33.6 Å². The molecular formula is C25H29NO7. The molecule has 3 unspecified atom stereocenters. The number of esters is 1. The van der Waals surface area contributed by atoms with Crippen LogP contribution in [0.4, 0.5) is 0 Å². The minimum absolute atomic E-state index is 0.0829. The number of fused-ring (bicyclic) bond motifs is 2. The number of ether oxygens (including phenoxy) is 4. The topological polar surface area (TPSA) is 107 Å². The van der Waals surface area contributed by atoms with E-state index in [0.29, 0.717) is 29.3 Å². The van der Waals surface area contributed by atoms with E-state index in [1.807, 2.05) is 18.2 Å². The summed E-state index contributed by atoms with van der Waals surface area (Å²) >= 11 is 0. The molecule has 8 nitrogen and oxygen atoms in total. The van der Waals surface area contributed by atoms with E-state index in [1.165, 1.54) is 0 Å². The molecule has 8 heteroatoms. The van der Waals surface area contributed by atoms with Crippen molar-refractivity contribution in [2.24, 2.45) is 5.92 Å². The van der Waals surface area contributed by atoms with Crippen LogP contribution in [0.25, 0.3) is 6.08 Å². The maximum atomic E-state index is 12.9. The van der Waals surface area contributed by atoms with Gasteiger partial charge in [0.05, 0.1) is 24.4 Å². The van der Waals surface area contributed by atoms with E-state index in [-0.39, 0.29) is 32.3 Å². The Bertz CT molecular complexity index is 958. The Kier molecular flexibility index (Phi) is 6.59. The van der Waals surface area contributed by atoms with Gasteiger partial charge in [0.1, 0.15) is 25.1 Å². The predicted molar refractivity (Wildman–Crippen MR) is 118 cm³/mol. The molecule has 1 aromatic rings. The van der Waals surface area contributed by atoms with Crippen LogP contribution in [0.1, 0.15) is 41.6 Å². The summed E-state index contributed by atoms with van der Waals surface area (Å²) < 4.78 is 22.6. The highest BCUT2D eigenvalue weighted by atomic mass is 16.7. The van der Waals surface area contributed by atoms with Gasteiger partial charge in [-0.2, -0.15) is 0 Å². The molecular weight excluding hydrogens is 426 g/mol. The fourth-order valence-corrected chi connectivity index (χ4v) is 4.84. The van der Waals surface area contributed by atoms with Gasteiger partial charge in [-0.25, -0.2) is 4.79 Å². The van der Waals surface area contributed by atoms with Crippen LogP contribution in [0.15, 0.2) is 42.0 Å². The average Bonchev–Trinajstić information content (AvgIpc) is 3.45. The predicted octanol–water partition coefficient (Wildman–Crippen LogP) is 1.97. The lowest BCUT2D eigenvalue weighted by molar-refractivity contribution is -0.118. The Hall–Kier alpha value is -2.52. The number of hydrogen-bond donors (Lipinski definition) is 2. The Morgan fingerprint density at radius 1 is 1.21 bits per heavy atom. The number of amides is 1. The van der Waals surface area contributed by atoms with Gasteiger partial charge in [-0.15, -0.1) is 0 Å². The fourth-order valence-electron chi connectivity index (χ4n) is 4.84. The quantitative estimate of drug-likeness (QED) is 0.478. The summed E-state index contributed by atoms with van der Waals surface area (Å²) in [5, 5.41) is 11.6. The number of allylic oxidation sites excluding steroid dienone is 1. The van der Waals surface area contributed by atoms with Gasteiger partial charge in [-0.3, -0.25) is 4.79 Å². The van der Waals surface area contributed by atoms with E-state index >= 15 is 0 Å². The summed E-state index contributed by atoms with van der Waals surface area (Å²) in [5.74, 6) is -0.268. The molecule has 2 aliphatic heterocycles. The van der Waals surface area contributed by atoms with Gasteiger partial charge in [0.2, 0.25) is 5.91 Å². The molecule has 3 fully saturated rings. The molecule has 0 bridgehead atoms. The van der Waals surface area contributed by atoms with E-state index in [2.05, 4.69) is 17.5 Å². The monoisotopic (exact) mass is 455 g/mol. The van der Waals surface area contributed by atoms with Crippen LogP contribution in [-0.4, -0.2) is 67.4 Å². The second-order valence-electron chi connectivity index (χ2n) is 8.97. The van der Waals surface area contributed by atoms with E-state index in [0.717, 1.165) is 24.8 Å². The van der Waals surface area contributed by atoms with Crippen molar-refractivity contribution in [1.82, 2.24) is 5.32 Å². The molecule has 1 saturated carbocycles. The summed E-state index contributed by atoms with van der Waals surface area (Å²) in [6.07, 6.45) is 8.88. The molecule has 5 rings (SSSR count). The average molecular weight is 456 g/mol. The van der Waals surface area contributed by atoms with Crippen LogP contribution >= 0.6 is 0 Å². The van der Waals surface area contributed by atoms with Crippen LogP contribution in [0.3, 0.4) is 0 Å². The molecule has 2 N–H and O–H groups in total. The van der Waals surface area contributed by atoms with Crippen molar-refractivity contribution in [3.8, 4) is 0 Å². The third-order valence-corrected chi connectivity index (χ3v) is 6.67. The molecule has 4 aliphatic rings.